The molecular formula is C24H37N3O3. The van der Waals surface area contributed by atoms with E-state index in [1.807, 2.05) is 6.92 Å². The third-order valence-electron chi connectivity index (χ3n) is 7.23. The van der Waals surface area contributed by atoms with E-state index < -0.39 is 0 Å². The predicted octanol–water partition coefficient (Wildman–Crippen LogP) is 3.51. The number of hydrogen-bond donors (Lipinski definition) is 0. The van der Waals surface area contributed by atoms with Crippen molar-refractivity contribution in [3.63, 3.8) is 0 Å². The van der Waals surface area contributed by atoms with Crippen molar-refractivity contribution >= 4 is 11.8 Å². The van der Waals surface area contributed by atoms with Crippen molar-refractivity contribution in [3.05, 3.63) is 35.9 Å². The first-order chi connectivity index (χ1) is 14.4. The summed E-state index contributed by atoms with van der Waals surface area (Å²) in [7, 11) is 6.01. The number of ether oxygens (including phenoxy) is 1. The molecule has 2 amide bonds. The van der Waals surface area contributed by atoms with Crippen molar-refractivity contribution in [2.24, 2.45) is 0 Å². The summed E-state index contributed by atoms with van der Waals surface area (Å²) in [6, 6.07) is 10.7. The fourth-order valence-corrected chi connectivity index (χ4v) is 5.33. The Kier molecular flexibility index (Phi) is 7.19. The number of benzene rings is 1. The number of rotatable bonds is 9. The second-order valence-corrected chi connectivity index (χ2v) is 9.05. The average Bonchev–Trinajstić information content (AvgIpc) is 3.00. The van der Waals surface area contributed by atoms with Crippen molar-refractivity contribution in [1.29, 1.82) is 0 Å². The van der Waals surface area contributed by atoms with Gasteiger partial charge in [-0.2, -0.15) is 0 Å². The molecule has 2 aliphatic rings. The Morgan fingerprint density at radius 1 is 1.13 bits per heavy atom. The van der Waals surface area contributed by atoms with E-state index in [9.17, 15) is 9.59 Å². The third-order valence-corrected chi connectivity index (χ3v) is 7.23. The summed E-state index contributed by atoms with van der Waals surface area (Å²) in [6.07, 6.45) is 5.15. The Bertz CT molecular complexity index is 726. The molecule has 0 bridgehead atoms. The van der Waals surface area contributed by atoms with Gasteiger partial charge in [0.2, 0.25) is 0 Å². The standard InChI is InChI=1S/C24H37N3O3/c1-5-21(28)18-26-19-23(27(22(26)29)16-9-17-30-4)12-14-24(15-13-23,25(2)3)20-10-7-6-8-11-20/h6-8,10-11H,5,9,12-19H2,1-4H3. The van der Waals surface area contributed by atoms with Gasteiger partial charge in [-0.25, -0.2) is 4.79 Å². The zero-order chi connectivity index (χ0) is 21.8. The van der Waals surface area contributed by atoms with E-state index in [-0.39, 0.29) is 29.4 Å². The molecule has 1 heterocycles. The van der Waals surface area contributed by atoms with Crippen LogP contribution >= 0.6 is 0 Å². The maximum Gasteiger partial charge on any atom is 0.321 e. The quantitative estimate of drug-likeness (QED) is 0.579. The van der Waals surface area contributed by atoms with E-state index in [4.69, 9.17) is 4.74 Å². The molecule has 0 unspecified atom stereocenters. The molecule has 1 aromatic rings. The van der Waals surface area contributed by atoms with E-state index in [1.54, 1.807) is 12.0 Å². The van der Waals surface area contributed by atoms with E-state index in [1.165, 1.54) is 5.56 Å². The van der Waals surface area contributed by atoms with Gasteiger partial charge < -0.3 is 14.5 Å². The molecule has 2 fully saturated rings. The molecule has 0 atom stereocenters. The monoisotopic (exact) mass is 415 g/mol. The predicted molar refractivity (Wildman–Crippen MR) is 118 cm³/mol. The number of hydrogen-bond acceptors (Lipinski definition) is 4. The zero-order valence-electron chi connectivity index (χ0n) is 19.0. The number of amides is 2. The Labute approximate surface area is 181 Å². The first-order valence-corrected chi connectivity index (χ1v) is 11.2. The highest BCUT2D eigenvalue weighted by Gasteiger charge is 2.54. The van der Waals surface area contributed by atoms with Crippen molar-refractivity contribution in [2.45, 2.75) is 56.5 Å². The van der Waals surface area contributed by atoms with E-state index >= 15 is 0 Å². The van der Waals surface area contributed by atoms with Crippen LogP contribution in [0.3, 0.4) is 0 Å². The minimum atomic E-state index is -0.187. The first-order valence-electron chi connectivity index (χ1n) is 11.2. The number of ketones is 1. The van der Waals surface area contributed by atoms with Crippen LogP contribution in [-0.4, -0.2) is 79.5 Å². The number of Topliss-reactive ketones (excluding diaryl/α,β-unsaturated/α-hetero) is 1. The number of methoxy groups -OCH3 is 1. The van der Waals surface area contributed by atoms with Gasteiger partial charge in [-0.15, -0.1) is 0 Å². The normalized spacial score (nSPS) is 26.8. The van der Waals surface area contributed by atoms with Crippen LogP contribution in [-0.2, 0) is 15.1 Å². The third kappa shape index (κ3) is 4.26. The van der Waals surface area contributed by atoms with Gasteiger partial charge in [-0.3, -0.25) is 9.69 Å². The van der Waals surface area contributed by atoms with Gasteiger partial charge >= 0.3 is 6.03 Å². The lowest BCUT2D eigenvalue weighted by molar-refractivity contribution is -0.119. The van der Waals surface area contributed by atoms with Gasteiger partial charge in [-0.1, -0.05) is 37.3 Å². The summed E-state index contributed by atoms with van der Waals surface area (Å²) in [5.74, 6) is 0.125. The smallest absolute Gasteiger partial charge is 0.321 e. The van der Waals surface area contributed by atoms with Crippen LogP contribution in [0, 0.1) is 0 Å². The maximum absolute atomic E-state index is 13.2. The van der Waals surface area contributed by atoms with Crippen molar-refractivity contribution in [2.75, 3.05) is 47.4 Å². The van der Waals surface area contributed by atoms with Crippen molar-refractivity contribution in [3.8, 4) is 0 Å². The Hall–Kier alpha value is -1.92. The molecule has 166 valence electrons. The fourth-order valence-electron chi connectivity index (χ4n) is 5.33. The van der Waals surface area contributed by atoms with Crippen molar-refractivity contribution < 1.29 is 14.3 Å². The summed E-state index contributed by atoms with van der Waals surface area (Å²) in [5.41, 5.74) is 1.14. The molecule has 6 heteroatoms. The highest BCUT2D eigenvalue weighted by atomic mass is 16.5. The van der Waals surface area contributed by atoms with Gasteiger partial charge in [-0.05, 0) is 51.8 Å². The highest BCUT2D eigenvalue weighted by Crippen LogP contribution is 2.48. The lowest BCUT2D eigenvalue weighted by Crippen LogP contribution is -2.55. The van der Waals surface area contributed by atoms with Gasteiger partial charge in [0, 0.05) is 38.8 Å². The fraction of sp³-hybridized carbons (Fsp3) is 0.667. The second kappa shape index (κ2) is 9.48. The van der Waals surface area contributed by atoms with E-state index in [0.29, 0.717) is 26.1 Å². The van der Waals surface area contributed by atoms with Crippen LogP contribution in [0.15, 0.2) is 30.3 Å². The molecule has 0 aromatic heterocycles. The molecule has 6 nitrogen and oxygen atoms in total. The molecule has 0 N–H and O–H groups in total. The summed E-state index contributed by atoms with van der Waals surface area (Å²) in [4.78, 5) is 31.5. The van der Waals surface area contributed by atoms with Crippen LogP contribution in [0.25, 0.3) is 0 Å². The number of nitrogens with zero attached hydrogens (tertiary/aromatic N) is 3. The first kappa shape index (κ1) is 22.8. The van der Waals surface area contributed by atoms with E-state index in [2.05, 4.69) is 54.2 Å². The van der Waals surface area contributed by atoms with Gasteiger partial charge in [0.1, 0.15) is 0 Å². The molecule has 1 aromatic carbocycles. The summed E-state index contributed by atoms with van der Waals surface area (Å²) < 4.78 is 5.23. The number of carbonyl (C=O) groups is 2. The molecule has 3 rings (SSSR count). The lowest BCUT2D eigenvalue weighted by Gasteiger charge is -2.51. The molecule has 0 radical (unpaired) electrons. The Balaban J connectivity index is 1.83. The molecule has 30 heavy (non-hydrogen) atoms. The van der Waals surface area contributed by atoms with Gasteiger partial charge in [0.05, 0.1) is 12.1 Å². The summed E-state index contributed by atoms with van der Waals surface area (Å²) >= 11 is 0. The summed E-state index contributed by atoms with van der Waals surface area (Å²) in [5, 5.41) is 0. The Morgan fingerprint density at radius 3 is 2.37 bits per heavy atom. The number of carbonyl (C=O) groups excluding carboxylic acids is 2. The minimum absolute atomic E-state index is 0.0135. The van der Waals surface area contributed by atoms with Crippen LogP contribution in [0.2, 0.25) is 0 Å². The lowest BCUT2D eigenvalue weighted by atomic mass is 9.68. The van der Waals surface area contributed by atoms with Crippen LogP contribution in [0.5, 0.6) is 0 Å². The van der Waals surface area contributed by atoms with Gasteiger partial charge in [0.15, 0.2) is 5.78 Å². The molecule has 1 aliphatic carbocycles. The van der Waals surface area contributed by atoms with Crippen LogP contribution < -0.4 is 0 Å². The number of urea groups is 1. The molecule has 1 spiro atoms. The topological polar surface area (TPSA) is 53.1 Å². The molecule has 1 aliphatic heterocycles. The highest BCUT2D eigenvalue weighted by molar-refractivity contribution is 5.87. The Morgan fingerprint density at radius 2 is 1.80 bits per heavy atom. The molecule has 1 saturated heterocycles. The second-order valence-electron chi connectivity index (χ2n) is 9.05. The van der Waals surface area contributed by atoms with Crippen LogP contribution in [0.4, 0.5) is 4.79 Å². The average molecular weight is 416 g/mol. The molecular weight excluding hydrogens is 378 g/mol. The van der Waals surface area contributed by atoms with Crippen molar-refractivity contribution in [1.82, 2.24) is 14.7 Å². The maximum atomic E-state index is 13.2. The largest absolute Gasteiger partial charge is 0.385 e. The van der Waals surface area contributed by atoms with Crippen LogP contribution in [0.1, 0.15) is 51.0 Å². The minimum Gasteiger partial charge on any atom is -0.385 e. The SMILES string of the molecule is CCC(=O)CN1CC2(CCC(c3ccccc3)(N(C)C)CC2)N(CCCOC)C1=O. The molecule has 1 saturated carbocycles. The van der Waals surface area contributed by atoms with Gasteiger partial charge in [0.25, 0.3) is 0 Å². The summed E-state index contributed by atoms with van der Waals surface area (Å²) in [6.45, 7) is 4.07. The van der Waals surface area contributed by atoms with E-state index in [0.717, 1.165) is 32.1 Å². The zero-order valence-corrected chi connectivity index (χ0v) is 19.0.